The summed E-state index contributed by atoms with van der Waals surface area (Å²) in [6.45, 7) is 1.75. The Morgan fingerprint density at radius 2 is 1.71 bits per heavy atom. The Bertz CT molecular complexity index is 1250. The van der Waals surface area contributed by atoms with Crippen LogP contribution in [0.5, 0.6) is 0 Å². The lowest BCUT2D eigenvalue weighted by Gasteiger charge is -2.10. The van der Waals surface area contributed by atoms with Crippen molar-refractivity contribution in [1.29, 1.82) is 0 Å². The molecule has 0 aliphatic rings. The number of nitro benzene ring substituents is 1. The van der Waals surface area contributed by atoms with Crippen molar-refractivity contribution in [3.63, 3.8) is 0 Å². The molecule has 0 fully saturated rings. The average molecular weight is 524 g/mol. The zero-order chi connectivity index (χ0) is 22.6. The van der Waals surface area contributed by atoms with Crippen LogP contribution in [-0.4, -0.2) is 19.1 Å². The maximum atomic E-state index is 12.6. The predicted molar refractivity (Wildman–Crippen MR) is 125 cm³/mol. The minimum atomic E-state index is -4.04. The molecule has 0 radical (unpaired) electrons. The average Bonchev–Trinajstić information content (AvgIpc) is 2.73. The first-order valence-corrected chi connectivity index (χ1v) is 11.4. The smallest absolute Gasteiger partial charge is 0.280 e. The normalized spacial score (nSPS) is 11.8. The van der Waals surface area contributed by atoms with E-state index in [1.165, 1.54) is 36.4 Å². The number of hydrogen-bond donors (Lipinski definition) is 2. The van der Waals surface area contributed by atoms with Gasteiger partial charge in [-0.15, -0.1) is 0 Å². The van der Waals surface area contributed by atoms with E-state index in [1.54, 1.807) is 6.92 Å². The molecule has 2 N–H and O–H groups in total. The van der Waals surface area contributed by atoms with Crippen LogP contribution in [0.15, 0.2) is 81.2 Å². The third kappa shape index (κ3) is 5.81. The molecule has 0 saturated carbocycles. The summed E-state index contributed by atoms with van der Waals surface area (Å²) in [6.07, 6.45) is 0. The molecule has 0 heterocycles. The number of halogens is 2. The molecular formula is C20H16BrClN4O4S. The van der Waals surface area contributed by atoms with Gasteiger partial charge in [-0.05, 0) is 61.0 Å². The summed E-state index contributed by atoms with van der Waals surface area (Å²) in [5, 5.41) is 16.2. The van der Waals surface area contributed by atoms with E-state index in [1.807, 2.05) is 24.3 Å². The molecule has 0 aliphatic heterocycles. The van der Waals surface area contributed by atoms with Gasteiger partial charge in [0.15, 0.2) is 0 Å². The zero-order valence-electron chi connectivity index (χ0n) is 16.0. The fourth-order valence-corrected chi connectivity index (χ4v) is 4.02. The van der Waals surface area contributed by atoms with Gasteiger partial charge in [0.1, 0.15) is 5.69 Å². The summed E-state index contributed by atoms with van der Waals surface area (Å²) in [6, 6.07) is 17.0. The Morgan fingerprint density at radius 1 is 1.06 bits per heavy atom. The first kappa shape index (κ1) is 22.7. The van der Waals surface area contributed by atoms with Crippen LogP contribution >= 0.6 is 27.5 Å². The minimum absolute atomic E-state index is 0.0619. The number of hydrazone groups is 1. The van der Waals surface area contributed by atoms with Gasteiger partial charge in [-0.3, -0.25) is 20.3 Å². The van der Waals surface area contributed by atoms with Gasteiger partial charge in [0.05, 0.1) is 15.5 Å². The van der Waals surface area contributed by atoms with Crippen molar-refractivity contribution in [2.75, 3.05) is 10.1 Å². The number of hydrogen-bond acceptors (Lipinski definition) is 6. The van der Waals surface area contributed by atoms with Crippen LogP contribution in [0.1, 0.15) is 12.5 Å². The van der Waals surface area contributed by atoms with E-state index in [0.717, 1.165) is 16.1 Å². The molecule has 0 saturated heterocycles. The molecule has 0 aliphatic carbocycles. The molecule has 11 heteroatoms. The maximum Gasteiger partial charge on any atom is 0.295 e. The Balaban J connectivity index is 1.87. The van der Waals surface area contributed by atoms with Crippen LogP contribution in [0.25, 0.3) is 0 Å². The van der Waals surface area contributed by atoms with Crippen molar-refractivity contribution in [1.82, 2.24) is 0 Å². The van der Waals surface area contributed by atoms with Gasteiger partial charge < -0.3 is 0 Å². The van der Waals surface area contributed by atoms with E-state index in [4.69, 9.17) is 11.6 Å². The topological polar surface area (TPSA) is 114 Å². The number of anilines is 2. The van der Waals surface area contributed by atoms with Crippen molar-refractivity contribution in [3.05, 3.63) is 91.9 Å². The van der Waals surface area contributed by atoms with Gasteiger partial charge in [0.25, 0.3) is 15.7 Å². The Morgan fingerprint density at radius 3 is 2.32 bits per heavy atom. The number of rotatable bonds is 7. The number of sulfonamides is 1. The van der Waals surface area contributed by atoms with E-state index < -0.39 is 20.6 Å². The standard InChI is InChI=1S/C20H16BrClN4O4S/c1-13(14-2-4-15(21)5-3-14)23-24-19-11-10-18(12-20(19)26(27)28)31(29,30)25-17-8-6-16(22)7-9-17/h2-12,24-25H,1H3/b23-13+. The highest BCUT2D eigenvalue weighted by atomic mass is 79.9. The molecule has 0 bridgehead atoms. The van der Waals surface area contributed by atoms with Crippen molar-refractivity contribution >= 4 is 60.3 Å². The highest BCUT2D eigenvalue weighted by Gasteiger charge is 2.21. The van der Waals surface area contributed by atoms with Gasteiger partial charge in [-0.2, -0.15) is 5.10 Å². The number of nitrogens with zero attached hydrogens (tertiary/aromatic N) is 2. The lowest BCUT2D eigenvalue weighted by atomic mass is 10.1. The summed E-state index contributed by atoms with van der Waals surface area (Å²) in [4.78, 5) is 10.6. The van der Waals surface area contributed by atoms with E-state index in [0.29, 0.717) is 10.7 Å². The van der Waals surface area contributed by atoms with Gasteiger partial charge in [0.2, 0.25) is 0 Å². The van der Waals surface area contributed by atoms with Crippen LogP contribution in [0.4, 0.5) is 17.1 Å². The number of nitro groups is 1. The first-order chi connectivity index (χ1) is 14.7. The summed E-state index contributed by atoms with van der Waals surface area (Å²) in [7, 11) is -4.04. The lowest BCUT2D eigenvalue weighted by Crippen LogP contribution is -2.13. The van der Waals surface area contributed by atoms with Crippen molar-refractivity contribution < 1.29 is 13.3 Å². The highest BCUT2D eigenvalue weighted by molar-refractivity contribution is 9.10. The van der Waals surface area contributed by atoms with Crippen molar-refractivity contribution in [2.45, 2.75) is 11.8 Å². The van der Waals surface area contributed by atoms with Gasteiger partial charge >= 0.3 is 0 Å². The molecule has 160 valence electrons. The molecule has 0 spiro atoms. The van der Waals surface area contributed by atoms with E-state index in [2.05, 4.69) is 31.2 Å². The fourth-order valence-electron chi connectivity index (χ4n) is 2.56. The fraction of sp³-hybridized carbons (Fsp3) is 0.0500. The van der Waals surface area contributed by atoms with E-state index >= 15 is 0 Å². The van der Waals surface area contributed by atoms with Crippen LogP contribution in [-0.2, 0) is 10.0 Å². The molecular weight excluding hydrogens is 508 g/mol. The van der Waals surface area contributed by atoms with E-state index in [9.17, 15) is 18.5 Å². The number of benzene rings is 3. The first-order valence-electron chi connectivity index (χ1n) is 8.79. The second-order valence-electron chi connectivity index (χ2n) is 6.36. The van der Waals surface area contributed by atoms with Crippen molar-refractivity contribution in [3.8, 4) is 0 Å². The second-order valence-corrected chi connectivity index (χ2v) is 9.40. The molecule has 0 atom stereocenters. The van der Waals surface area contributed by atoms with Crippen LogP contribution in [0.3, 0.4) is 0 Å². The Labute approximate surface area is 192 Å². The zero-order valence-corrected chi connectivity index (χ0v) is 19.2. The van der Waals surface area contributed by atoms with Crippen molar-refractivity contribution in [2.24, 2.45) is 5.10 Å². The second kappa shape index (κ2) is 9.46. The predicted octanol–water partition coefficient (Wildman–Crippen LogP) is 5.65. The molecule has 0 amide bonds. The third-order valence-corrected chi connectivity index (χ3v) is 6.34. The summed E-state index contributed by atoms with van der Waals surface area (Å²) < 4.78 is 28.5. The van der Waals surface area contributed by atoms with Crippen LogP contribution in [0, 0.1) is 10.1 Å². The molecule has 31 heavy (non-hydrogen) atoms. The van der Waals surface area contributed by atoms with Gasteiger partial charge in [0, 0.05) is 21.2 Å². The Hall–Kier alpha value is -2.95. The summed E-state index contributed by atoms with van der Waals surface area (Å²) in [5.74, 6) is 0. The van der Waals surface area contributed by atoms with Gasteiger partial charge in [-0.25, -0.2) is 8.42 Å². The monoisotopic (exact) mass is 522 g/mol. The number of nitrogens with one attached hydrogen (secondary N) is 2. The quantitative estimate of drug-likeness (QED) is 0.236. The maximum absolute atomic E-state index is 12.6. The third-order valence-electron chi connectivity index (χ3n) is 4.18. The molecule has 3 rings (SSSR count). The summed E-state index contributed by atoms with van der Waals surface area (Å²) in [5.41, 5.74) is 3.99. The largest absolute Gasteiger partial charge is 0.295 e. The highest BCUT2D eigenvalue weighted by Crippen LogP contribution is 2.29. The van der Waals surface area contributed by atoms with E-state index in [-0.39, 0.29) is 16.3 Å². The van der Waals surface area contributed by atoms with Crippen LogP contribution < -0.4 is 10.1 Å². The molecule has 0 unspecified atom stereocenters. The van der Waals surface area contributed by atoms with Gasteiger partial charge in [-0.1, -0.05) is 39.7 Å². The molecule has 3 aromatic rings. The minimum Gasteiger partial charge on any atom is -0.280 e. The van der Waals surface area contributed by atoms with Crippen LogP contribution in [0.2, 0.25) is 5.02 Å². The summed E-state index contributed by atoms with van der Waals surface area (Å²) >= 11 is 9.15. The Kier molecular flexibility index (Phi) is 6.94. The molecule has 3 aromatic carbocycles. The molecule has 0 aromatic heterocycles. The molecule has 8 nitrogen and oxygen atoms in total. The SMILES string of the molecule is C/C(=N\Nc1ccc(S(=O)(=O)Nc2ccc(Cl)cc2)cc1[N+](=O)[O-])c1ccc(Br)cc1. The lowest BCUT2D eigenvalue weighted by molar-refractivity contribution is -0.384.